The number of nitrogens with one attached hydrogen (secondary N) is 1. The number of ether oxygens (including phenoxy) is 1. The van der Waals surface area contributed by atoms with E-state index in [1.165, 1.54) is 6.92 Å². The molecule has 1 unspecified atom stereocenters. The third-order valence-corrected chi connectivity index (χ3v) is 6.64. The summed E-state index contributed by atoms with van der Waals surface area (Å²) in [4.78, 5) is 22.9. The summed E-state index contributed by atoms with van der Waals surface area (Å²) < 4.78 is 13.9. The van der Waals surface area contributed by atoms with Crippen molar-refractivity contribution in [1.82, 2.24) is 25.5 Å². The Hall–Kier alpha value is -3.73. The van der Waals surface area contributed by atoms with Crippen LogP contribution in [0.4, 0.5) is 4.79 Å². The number of carbonyl (C=O) groups excluding carboxylic acids is 1. The predicted molar refractivity (Wildman–Crippen MR) is 126 cm³/mol. The third kappa shape index (κ3) is 3.43. The number of hydrogen-bond donors (Lipinski definition) is 2. The predicted octanol–water partition coefficient (Wildman–Crippen LogP) is 4.56. The Kier molecular flexibility index (Phi) is 5.35. The number of carboxylic acid groups (broad SMARTS) is 1. The first-order valence-electron chi connectivity index (χ1n) is 10.6. The highest BCUT2D eigenvalue weighted by Crippen LogP contribution is 2.52. The van der Waals surface area contributed by atoms with Crippen LogP contribution in [0.15, 0.2) is 39.2 Å². The number of halogens is 1. The van der Waals surface area contributed by atoms with Gasteiger partial charge in [-0.05, 0) is 69.9 Å². The van der Waals surface area contributed by atoms with E-state index in [1.54, 1.807) is 4.68 Å². The van der Waals surface area contributed by atoms with Crippen LogP contribution < -0.4 is 5.32 Å². The van der Waals surface area contributed by atoms with Crippen molar-refractivity contribution in [1.29, 1.82) is 0 Å². The Bertz CT molecular complexity index is 1460. The van der Waals surface area contributed by atoms with Crippen LogP contribution in [-0.2, 0) is 9.53 Å². The second-order valence-corrected chi connectivity index (χ2v) is 9.00. The van der Waals surface area contributed by atoms with Crippen LogP contribution in [0, 0.1) is 6.92 Å². The van der Waals surface area contributed by atoms with Crippen molar-refractivity contribution in [2.45, 2.75) is 32.9 Å². The highest BCUT2D eigenvalue weighted by molar-refractivity contribution is 9.10. The van der Waals surface area contributed by atoms with Gasteiger partial charge in [-0.1, -0.05) is 24.3 Å². The second-order valence-electron chi connectivity index (χ2n) is 8.20. The monoisotopic (exact) mass is 525 g/mol. The number of aliphatic carboxylic acids is 1. The molecule has 0 radical (unpaired) electrons. The number of carboxylic acids is 1. The van der Waals surface area contributed by atoms with Crippen molar-refractivity contribution < 1.29 is 23.8 Å². The van der Waals surface area contributed by atoms with Crippen LogP contribution in [-0.4, -0.2) is 50.0 Å². The molecule has 2 aromatic heterocycles. The molecule has 0 aliphatic heterocycles. The fourth-order valence-corrected chi connectivity index (χ4v) is 4.86. The first kappa shape index (κ1) is 22.1. The lowest BCUT2D eigenvalue weighted by atomic mass is 9.91. The number of fused-ring (bicyclic) bond motifs is 5. The van der Waals surface area contributed by atoms with Gasteiger partial charge in [0.15, 0.2) is 5.82 Å². The maximum absolute atomic E-state index is 12.0. The summed E-state index contributed by atoms with van der Waals surface area (Å²) in [5.41, 5.74) is 5.54. The quantitative estimate of drug-likeness (QED) is 0.329. The van der Waals surface area contributed by atoms with Crippen LogP contribution in [0.3, 0.4) is 0 Å². The molecule has 11 heteroatoms. The van der Waals surface area contributed by atoms with Crippen LogP contribution in [0.5, 0.6) is 0 Å². The highest BCUT2D eigenvalue weighted by atomic mass is 79.9. The first-order chi connectivity index (χ1) is 16.3. The molecule has 0 saturated carbocycles. The smallest absolute Gasteiger partial charge is 0.407 e. The second kappa shape index (κ2) is 8.24. The fraction of sp³-hybridized carbons (Fsp3) is 0.261. The molecule has 4 bridgehead atoms. The molecule has 10 nitrogen and oxygen atoms in total. The number of aromatic nitrogens is 4. The Balaban J connectivity index is 1.53. The number of aryl methyl sites for hydroxylation is 1. The maximum atomic E-state index is 12.0. The number of tetrazole rings is 1. The molecule has 1 amide bonds. The molecular formula is C23H20BrN5O5. The highest BCUT2D eigenvalue weighted by Gasteiger charge is 2.31. The van der Waals surface area contributed by atoms with E-state index in [1.807, 2.05) is 44.2 Å². The van der Waals surface area contributed by atoms with E-state index in [0.29, 0.717) is 11.6 Å². The summed E-state index contributed by atoms with van der Waals surface area (Å²) in [6, 6.07) is 8.46. The van der Waals surface area contributed by atoms with Gasteiger partial charge in [0.25, 0.3) is 0 Å². The van der Waals surface area contributed by atoms with Crippen molar-refractivity contribution in [3.05, 3.63) is 40.4 Å². The number of alkyl carbamates (subject to hydrolysis) is 1. The minimum atomic E-state index is -1.15. The summed E-state index contributed by atoms with van der Waals surface area (Å²) in [6.07, 6.45) is -0.829. The number of benzene rings is 2. The van der Waals surface area contributed by atoms with E-state index < -0.39 is 24.1 Å². The molecule has 0 spiro atoms. The van der Waals surface area contributed by atoms with Crippen molar-refractivity contribution in [2.24, 2.45) is 0 Å². The number of rotatable bonds is 6. The topological polar surface area (TPSA) is 132 Å². The number of nitrogens with zero attached hydrogens (tertiary/aromatic N) is 4. The zero-order valence-electron chi connectivity index (χ0n) is 18.5. The van der Waals surface area contributed by atoms with Crippen LogP contribution in [0.1, 0.15) is 25.5 Å². The van der Waals surface area contributed by atoms with Gasteiger partial charge < -0.3 is 19.6 Å². The summed E-state index contributed by atoms with van der Waals surface area (Å²) in [6.45, 7) is 5.15. The van der Waals surface area contributed by atoms with Crippen LogP contribution in [0.25, 0.3) is 44.8 Å². The Morgan fingerprint density at radius 3 is 2.74 bits per heavy atom. The largest absolute Gasteiger partial charge is 0.480 e. The van der Waals surface area contributed by atoms with Gasteiger partial charge in [0.1, 0.15) is 24.0 Å². The van der Waals surface area contributed by atoms with Gasteiger partial charge in [0.2, 0.25) is 0 Å². The average molecular weight is 526 g/mol. The zero-order valence-corrected chi connectivity index (χ0v) is 20.1. The number of hydrogen-bond acceptors (Lipinski definition) is 7. The van der Waals surface area contributed by atoms with Gasteiger partial charge >= 0.3 is 12.1 Å². The molecule has 2 aromatic carbocycles. The molecule has 0 saturated heterocycles. The van der Waals surface area contributed by atoms with E-state index >= 15 is 0 Å². The molecule has 1 aliphatic rings. The van der Waals surface area contributed by atoms with Gasteiger partial charge in [0, 0.05) is 16.5 Å². The normalized spacial score (nSPS) is 13.5. The minimum absolute atomic E-state index is 0.0592. The molecule has 5 rings (SSSR count). The fourth-order valence-electron chi connectivity index (χ4n) is 4.17. The number of furan rings is 1. The average Bonchev–Trinajstić information content (AvgIpc) is 3.40. The lowest BCUT2D eigenvalue weighted by Gasteiger charge is -2.18. The molecular weight excluding hydrogens is 506 g/mol. The van der Waals surface area contributed by atoms with Gasteiger partial charge in [-0.15, -0.1) is 5.10 Å². The summed E-state index contributed by atoms with van der Waals surface area (Å²) in [5.74, 6) is 0.0403. The minimum Gasteiger partial charge on any atom is -0.480 e. The van der Waals surface area contributed by atoms with E-state index in [4.69, 9.17) is 14.3 Å². The first-order valence-corrected chi connectivity index (χ1v) is 11.4. The number of carbonyl (C=O) groups is 2. The van der Waals surface area contributed by atoms with Crippen molar-refractivity contribution in [2.75, 3.05) is 6.61 Å². The summed E-state index contributed by atoms with van der Waals surface area (Å²) in [5, 5.41) is 24.5. The zero-order chi connectivity index (χ0) is 24.1. The van der Waals surface area contributed by atoms with Crippen LogP contribution in [0.2, 0.25) is 0 Å². The van der Waals surface area contributed by atoms with Crippen LogP contribution >= 0.6 is 15.9 Å². The number of amides is 1. The van der Waals surface area contributed by atoms with Crippen molar-refractivity contribution >= 4 is 39.0 Å². The molecule has 1 aliphatic carbocycles. The van der Waals surface area contributed by atoms with Crippen molar-refractivity contribution in [3.8, 4) is 33.8 Å². The van der Waals surface area contributed by atoms with Gasteiger partial charge in [-0.3, -0.25) is 4.79 Å². The van der Waals surface area contributed by atoms with Gasteiger partial charge in [-0.25, -0.2) is 9.48 Å². The summed E-state index contributed by atoms with van der Waals surface area (Å²) in [7, 11) is 0. The standard InChI is InChI=1S/C23H20BrN5O5/c1-10-7-8-15-18-16(10)13-5-4-6-14(20(34-15)19(18)24)17(13)21-26-27-28-29(21)11(2)9-33-23(32)25-12(3)22(30)31/h4-8,11-12H,9H2,1-3H3,(H,25,32)(H,30,31)/t11?,12-/m0/s1. The summed E-state index contributed by atoms with van der Waals surface area (Å²) >= 11 is 3.73. The molecule has 2 atom stereocenters. The Morgan fingerprint density at radius 2 is 1.97 bits per heavy atom. The lowest BCUT2D eigenvalue weighted by molar-refractivity contribution is -0.138. The van der Waals surface area contributed by atoms with Gasteiger partial charge in [-0.2, -0.15) is 0 Å². The molecule has 2 heterocycles. The van der Waals surface area contributed by atoms with E-state index in [0.717, 1.165) is 43.3 Å². The molecule has 4 aromatic rings. The molecule has 2 N–H and O–H groups in total. The Labute approximate surface area is 202 Å². The molecule has 0 fully saturated rings. The molecule has 174 valence electrons. The van der Waals surface area contributed by atoms with E-state index in [-0.39, 0.29) is 6.61 Å². The Morgan fingerprint density at radius 1 is 1.21 bits per heavy atom. The van der Waals surface area contributed by atoms with Gasteiger partial charge in [0.05, 0.1) is 10.5 Å². The maximum Gasteiger partial charge on any atom is 0.407 e. The SMILES string of the molecule is Cc1ccc2oc3c(Br)c2c1-c1cccc-3c1-c1nnnn1C(C)COC(=O)N[C@@H](C)C(=O)O. The van der Waals surface area contributed by atoms with E-state index in [9.17, 15) is 9.59 Å². The third-order valence-electron chi connectivity index (χ3n) is 5.88. The van der Waals surface area contributed by atoms with Crippen molar-refractivity contribution in [3.63, 3.8) is 0 Å². The van der Waals surface area contributed by atoms with E-state index in [2.05, 4.69) is 36.8 Å². The molecule has 34 heavy (non-hydrogen) atoms. The lowest BCUT2D eigenvalue weighted by Crippen LogP contribution is -2.39.